The molecule has 1 unspecified atom stereocenters. The van der Waals surface area contributed by atoms with Crippen molar-refractivity contribution in [3.63, 3.8) is 0 Å². The molecule has 33 heteroatoms. The number of nitrogens with one attached hydrogen (secondary N) is 6. The number of phosphoric acid groups is 1. The van der Waals surface area contributed by atoms with Gasteiger partial charge in [-0.2, -0.15) is 0 Å². The highest BCUT2D eigenvalue weighted by molar-refractivity contribution is 7.80. The van der Waals surface area contributed by atoms with Gasteiger partial charge >= 0.3 is 13.9 Å². The van der Waals surface area contributed by atoms with Crippen LogP contribution in [0.1, 0.15) is 92.5 Å². The number of anilines is 3. The van der Waals surface area contributed by atoms with Gasteiger partial charge in [-0.3, -0.25) is 43.3 Å². The van der Waals surface area contributed by atoms with Crippen LogP contribution in [0.25, 0.3) is 20.2 Å². The summed E-state index contributed by atoms with van der Waals surface area (Å²) in [7, 11) is 3.82. The molecular weight excluding hydrogens is 1420 g/mol. The van der Waals surface area contributed by atoms with Gasteiger partial charge in [-0.1, -0.05) is 26.0 Å². The molecule has 532 valence electrons. The van der Waals surface area contributed by atoms with E-state index in [9.17, 15) is 43.1 Å². The standard InChI is InChI=1S/C67H79BCl2N11O14PS4/c1-30(2)54(77-58(84)38(74-33(5)82)11-8-9-17-72-62(68)88)59(85)76-39(12-10-18-73-63(71)89)57(83)75-37-15-13-34(14-16-37)27-93-64(97)78(6)19-20-79(7)65(98)94-42-21-40-46(44-31(3)28-99-55(42)44)35(23-69)25-80(40)60(86)66-48-51-49(66)53-50(66)52(48)67(51,53)61(87)81-26-36(24-70)47-41(81)22-43(95-96(90,91)92)56-45(47)32(4)29-100-56/h13-16,21-22,28-30,35-36,38-39,48-54H,8-12,17-20,23-27H2,1-7H3,(H,72,88)(H,74,82)(H,75,83)(H,76,85)(H,77,84)(H3,71,73,89)(H2,90,91,92)/t35-,36-,38+,39+,48?,49?,50?,51?,52?,53?,54?,66?,67?/m1/s1. The number of hydrogen-bond donors (Lipinski definition) is 9. The van der Waals surface area contributed by atoms with Gasteiger partial charge in [0, 0.05) is 112 Å². The highest BCUT2D eigenvalue weighted by Gasteiger charge is 3.13. The first-order valence-corrected chi connectivity index (χ1v) is 38.4. The number of likely N-dealkylation sites (N-methyl/N-ethyl adjacent to an activating group) is 2. The number of thiophene rings is 2. The summed E-state index contributed by atoms with van der Waals surface area (Å²) in [6, 6.07) is 6.41. The first-order chi connectivity index (χ1) is 47.5. The summed E-state index contributed by atoms with van der Waals surface area (Å²) in [5, 5.41) is 22.1. The number of hydrogen-bond acceptors (Lipinski definition) is 16. The number of ether oxygens (including phenoxy) is 2. The Morgan fingerprint density at radius 2 is 1.22 bits per heavy atom. The Kier molecular flexibility index (Phi) is 20.7. The minimum atomic E-state index is -4.94. The van der Waals surface area contributed by atoms with E-state index in [1.54, 1.807) is 65.9 Å². The zero-order valence-electron chi connectivity index (χ0n) is 56.0. The van der Waals surface area contributed by atoms with E-state index < -0.39 is 78.2 Å². The number of amides is 9. The maximum atomic E-state index is 15.4. The number of thiocarbonyl (C=S) groups is 2. The van der Waals surface area contributed by atoms with Gasteiger partial charge in [0.05, 0.1) is 31.6 Å². The Labute approximate surface area is 607 Å². The molecule has 6 saturated carbocycles. The number of fused-ring (bicyclic) bond motifs is 6. The van der Waals surface area contributed by atoms with Crippen LogP contribution in [-0.4, -0.2) is 168 Å². The van der Waals surface area contributed by atoms with Crippen LogP contribution in [0.4, 0.5) is 26.7 Å². The quantitative estimate of drug-likeness (QED) is 0.00732. The van der Waals surface area contributed by atoms with Crippen molar-refractivity contribution in [2.24, 2.45) is 58.0 Å². The molecule has 6 aliphatic carbocycles. The van der Waals surface area contributed by atoms with Crippen molar-refractivity contribution in [1.29, 1.82) is 0 Å². The van der Waals surface area contributed by atoms with Gasteiger partial charge in [0.1, 0.15) is 30.5 Å². The topological polar surface area (TPSA) is 333 Å². The van der Waals surface area contributed by atoms with E-state index in [0.29, 0.717) is 66.7 Å². The number of carbonyl (C=O) groups is 8. The molecule has 8 aliphatic rings. The summed E-state index contributed by atoms with van der Waals surface area (Å²) in [6.45, 7) is 10.7. The van der Waals surface area contributed by atoms with Gasteiger partial charge in [0.15, 0.2) is 19.4 Å². The predicted molar refractivity (Wildman–Crippen MR) is 390 cm³/mol. The zero-order valence-corrected chi connectivity index (χ0v) is 61.7. The smallest absolute Gasteiger partial charge is 0.466 e. The lowest BCUT2D eigenvalue weighted by Crippen LogP contribution is -3.12. The van der Waals surface area contributed by atoms with Gasteiger partial charge in [-0.25, -0.2) is 9.36 Å². The number of benzene rings is 3. The number of urea groups is 1. The second-order valence-electron chi connectivity index (χ2n) is 27.7. The molecule has 25 nitrogen and oxygen atoms in total. The summed E-state index contributed by atoms with van der Waals surface area (Å²) in [5.74, 6) is -2.05. The number of carbonyl (C=O) groups excluding carboxylic acids is 8. The van der Waals surface area contributed by atoms with Crippen molar-refractivity contribution in [2.45, 2.75) is 103 Å². The van der Waals surface area contributed by atoms with E-state index in [0.717, 1.165) is 49.0 Å². The molecule has 0 saturated heterocycles. The fourth-order valence-corrected chi connectivity index (χ4v) is 20.8. The van der Waals surface area contributed by atoms with Gasteiger partial charge < -0.3 is 71.2 Å². The van der Waals surface area contributed by atoms with Crippen LogP contribution in [0.5, 0.6) is 11.5 Å². The average molecular weight is 1500 g/mol. The Hall–Kier alpha value is -6.89. The summed E-state index contributed by atoms with van der Waals surface area (Å²) in [5.41, 5.74) is 10.5. The number of halogens is 2. The number of alkyl halides is 2. The van der Waals surface area contributed by atoms with Gasteiger partial charge in [-0.05, 0) is 163 Å². The van der Waals surface area contributed by atoms with Crippen molar-refractivity contribution in [2.75, 3.05) is 80.2 Å². The van der Waals surface area contributed by atoms with E-state index >= 15 is 9.59 Å². The van der Waals surface area contributed by atoms with Crippen molar-refractivity contribution in [1.82, 2.24) is 36.4 Å². The average Bonchev–Trinajstić information content (AvgIpc) is 0.589. The Bertz CT molecular complexity index is 4200. The first kappa shape index (κ1) is 72.9. The van der Waals surface area contributed by atoms with Gasteiger partial charge in [-0.15, -0.1) is 45.9 Å². The Morgan fingerprint density at radius 3 is 1.72 bits per heavy atom. The first-order valence-electron chi connectivity index (χ1n) is 33.2. The fourth-order valence-electron chi connectivity index (χ4n) is 17.4. The number of unbranched alkanes of at least 4 members (excludes halogenated alkanes) is 1. The molecule has 2 aliphatic heterocycles. The van der Waals surface area contributed by atoms with Gasteiger partial charge in [0.25, 0.3) is 10.3 Å². The molecular formula is C67H79BCl2N11O14PS4. The van der Waals surface area contributed by atoms with Crippen molar-refractivity contribution in [3.8, 4) is 11.5 Å². The lowest BCUT2D eigenvalue weighted by molar-refractivity contribution is -0.623. The molecule has 3 aromatic carbocycles. The van der Waals surface area contributed by atoms with Gasteiger partial charge in [0.2, 0.25) is 35.4 Å². The number of nitrogens with zero attached hydrogens (tertiary/aromatic N) is 4. The maximum Gasteiger partial charge on any atom is 0.524 e. The number of phosphoric ester groups is 1. The summed E-state index contributed by atoms with van der Waals surface area (Å²) in [6.07, 6.45) is 1.48. The molecule has 9 amide bonds. The lowest BCUT2D eigenvalue weighted by Gasteiger charge is -3.09. The number of primary amides is 1. The minimum Gasteiger partial charge on any atom is -0.466 e. The third kappa shape index (κ3) is 12.5. The fraction of sp³-hybridized carbons (Fsp3) is 0.522. The lowest BCUT2D eigenvalue weighted by atomic mass is 8.92. The van der Waals surface area contributed by atoms with Crippen LogP contribution >= 0.6 is 78.1 Å². The molecule has 13 rings (SSSR count). The van der Waals surface area contributed by atoms with E-state index in [1.165, 1.54) is 29.6 Å². The molecule has 10 N–H and O–H groups in total. The highest BCUT2D eigenvalue weighted by atomic mass is 35.5. The van der Waals surface area contributed by atoms with Crippen LogP contribution in [-0.2, 0) is 44.7 Å². The highest BCUT2D eigenvalue weighted by Crippen LogP contribution is 3.10. The third-order valence-electron chi connectivity index (χ3n) is 21.6. The van der Waals surface area contributed by atoms with Crippen molar-refractivity contribution in [3.05, 3.63) is 75.0 Å². The van der Waals surface area contributed by atoms with Crippen LogP contribution in [0, 0.1) is 66.1 Å². The van der Waals surface area contributed by atoms with E-state index in [2.05, 4.69) is 37.3 Å². The Morgan fingerprint density at radius 1 is 0.720 bits per heavy atom. The maximum absolute atomic E-state index is 15.4. The number of aryl methyl sites for hydroxylation is 2. The summed E-state index contributed by atoms with van der Waals surface area (Å²) >= 11 is 27.9. The van der Waals surface area contributed by atoms with E-state index in [1.807, 2.05) is 37.2 Å². The van der Waals surface area contributed by atoms with Crippen LogP contribution in [0.3, 0.4) is 0 Å². The Balaban J connectivity index is 0.642. The number of nitrogens with two attached hydrogens (primary N) is 1. The van der Waals surface area contributed by atoms with Crippen molar-refractivity contribution < 1.29 is 66.7 Å². The summed E-state index contributed by atoms with van der Waals surface area (Å²) < 4.78 is 31.6. The summed E-state index contributed by atoms with van der Waals surface area (Å²) in [4.78, 5) is 134. The molecule has 5 aromatic rings. The molecule has 2 radical (unpaired) electrons. The molecule has 0 bridgehead atoms. The SMILES string of the molecule is [B]C(=O)NCCCC[C@H](NC(C)=O)C(=O)NC(C(=O)N[C@@H](CCCNC(N)=O)C(=O)Nc1ccc(COC(=S)N(C)CCN(C)C(=S)Oc2cc3c(c4c(C)csc24)[C@H](CCl)CN3C(=O)C23C4C5C2C2C3C4C52C(=O)N2C[C@@H](CCl)c3c2cc(OP(=O)(O)O)c2scc(C)c32)cc1)C(C)C. The minimum absolute atomic E-state index is 0.00916. The molecule has 100 heavy (non-hydrogen) atoms. The normalized spacial score (nSPS) is 24.3. The second kappa shape index (κ2) is 28.4. The van der Waals surface area contributed by atoms with Crippen LogP contribution in [0.15, 0.2) is 47.2 Å². The second-order valence-corrected chi connectivity index (χ2v) is 32.0. The molecule has 0 spiro atoms. The third-order valence-corrected chi connectivity index (χ3v) is 25.8. The number of rotatable bonds is 29. The predicted octanol–water partition coefficient (Wildman–Crippen LogP) is 7.58. The van der Waals surface area contributed by atoms with Crippen LogP contribution in [0.2, 0.25) is 0 Å². The molecule has 2 aromatic heterocycles. The molecule has 6 fully saturated rings. The zero-order chi connectivity index (χ0) is 71.9. The van der Waals surface area contributed by atoms with Crippen LogP contribution < -0.4 is 56.7 Å². The van der Waals surface area contributed by atoms with E-state index in [-0.39, 0.29) is 120 Å². The van der Waals surface area contributed by atoms with Crippen molar-refractivity contribution >= 4 is 181 Å². The van der Waals surface area contributed by atoms with E-state index in [4.69, 9.17) is 75.2 Å². The monoisotopic (exact) mass is 1500 g/mol. The molecule has 5 atom stereocenters. The largest absolute Gasteiger partial charge is 0.524 e. The molecule has 4 heterocycles.